The summed E-state index contributed by atoms with van der Waals surface area (Å²) in [5, 5.41) is 29.3. The third kappa shape index (κ3) is 5.46. The Hall–Kier alpha value is -2.59. The molecule has 1 atom stereocenters. The Labute approximate surface area is 167 Å². The number of amidine groups is 1. The second-order valence-corrected chi connectivity index (χ2v) is 7.97. The maximum atomic E-state index is 12.3. The van der Waals surface area contributed by atoms with E-state index < -0.39 is 11.0 Å². The summed E-state index contributed by atoms with van der Waals surface area (Å²) in [6.45, 7) is 0. The van der Waals surface area contributed by atoms with Crippen molar-refractivity contribution in [2.24, 2.45) is 10.2 Å². The first-order chi connectivity index (χ1) is 13.4. The molecule has 6 nitrogen and oxygen atoms in total. The molecule has 28 heavy (non-hydrogen) atoms. The molecule has 1 fully saturated rings. The Balaban J connectivity index is 1.60. The molecule has 1 saturated heterocycles. The number of carbonyl (C=O) groups excluding carboxylic acids is 1. The summed E-state index contributed by atoms with van der Waals surface area (Å²) in [6.07, 6.45) is 1.73. The average molecular weight is 423 g/mol. The number of rotatable bonds is 6. The van der Waals surface area contributed by atoms with Crippen LogP contribution in [0.15, 0.2) is 57.6 Å². The van der Waals surface area contributed by atoms with Crippen LogP contribution in [0.5, 0.6) is 11.5 Å². The van der Waals surface area contributed by atoms with Gasteiger partial charge in [0.05, 0.1) is 11.5 Å². The molecule has 0 spiro atoms. The number of nitrogens with one attached hydrogen (secondary N) is 1. The zero-order valence-corrected chi connectivity index (χ0v) is 15.9. The number of thioether (sulfide) groups is 2. The Morgan fingerprint density at radius 1 is 1.21 bits per heavy atom. The molecule has 1 heterocycles. The zero-order chi connectivity index (χ0) is 20.1. The first kappa shape index (κ1) is 20.2. The van der Waals surface area contributed by atoms with Gasteiger partial charge in [-0.2, -0.15) is 13.9 Å². The largest absolute Gasteiger partial charge is 0.508 e. The van der Waals surface area contributed by atoms with E-state index in [1.807, 2.05) is 0 Å². The molecule has 0 unspecified atom stereocenters. The van der Waals surface area contributed by atoms with Gasteiger partial charge in [-0.1, -0.05) is 35.7 Å². The van der Waals surface area contributed by atoms with Crippen LogP contribution in [0.4, 0.5) is 8.78 Å². The van der Waals surface area contributed by atoms with Crippen molar-refractivity contribution in [1.29, 1.82) is 0 Å². The lowest BCUT2D eigenvalue weighted by molar-refractivity contribution is -0.118. The van der Waals surface area contributed by atoms with Crippen molar-refractivity contribution in [2.45, 2.75) is 22.3 Å². The second kappa shape index (κ2) is 9.07. The lowest BCUT2D eigenvalue weighted by Gasteiger charge is -2.06. The number of halogens is 2. The quantitative estimate of drug-likeness (QED) is 0.375. The number of hydrogen-bond acceptors (Lipinski definition) is 7. The highest BCUT2D eigenvalue weighted by molar-refractivity contribution is 8.15. The minimum absolute atomic E-state index is 0.0664. The van der Waals surface area contributed by atoms with E-state index in [-0.39, 0.29) is 17.4 Å². The Morgan fingerprint density at radius 3 is 2.64 bits per heavy atom. The fraction of sp³-hybridized carbons (Fsp3) is 0.167. The predicted octanol–water partition coefficient (Wildman–Crippen LogP) is 3.58. The topological polar surface area (TPSA) is 94.3 Å². The van der Waals surface area contributed by atoms with Gasteiger partial charge in [0, 0.05) is 16.5 Å². The molecular formula is C18H15F2N3O3S2. The van der Waals surface area contributed by atoms with Crippen LogP contribution in [-0.2, 0) is 11.2 Å². The van der Waals surface area contributed by atoms with Crippen molar-refractivity contribution in [3.8, 4) is 11.5 Å². The minimum atomic E-state index is -2.47. The van der Waals surface area contributed by atoms with Crippen molar-refractivity contribution in [3.63, 3.8) is 0 Å². The Bertz CT molecular complexity index is 921. The minimum Gasteiger partial charge on any atom is -0.508 e. The number of nitrogens with zero attached hydrogens (tertiary/aromatic N) is 2. The van der Waals surface area contributed by atoms with Gasteiger partial charge < -0.3 is 15.5 Å². The fourth-order valence-corrected chi connectivity index (χ4v) is 3.86. The van der Waals surface area contributed by atoms with E-state index in [0.29, 0.717) is 33.8 Å². The molecule has 146 valence electrons. The smallest absolute Gasteiger partial charge is 0.288 e. The number of aromatic hydroxyl groups is 2. The van der Waals surface area contributed by atoms with Crippen LogP contribution in [0.25, 0.3) is 0 Å². The number of phenolic OH excluding ortho intramolecular Hbond substituents is 2. The summed E-state index contributed by atoms with van der Waals surface area (Å²) in [5.41, 5.74) is 1.22. The molecule has 1 aliphatic rings. The number of alkyl halides is 2. The maximum Gasteiger partial charge on any atom is 0.288 e. The van der Waals surface area contributed by atoms with Gasteiger partial charge in [0.15, 0.2) is 5.17 Å². The molecule has 0 radical (unpaired) electrons. The fourth-order valence-electron chi connectivity index (χ4n) is 2.39. The molecule has 2 aromatic carbocycles. The monoisotopic (exact) mass is 423 g/mol. The molecule has 1 amide bonds. The molecule has 0 aromatic heterocycles. The predicted molar refractivity (Wildman–Crippen MR) is 106 cm³/mol. The molecule has 2 aromatic rings. The van der Waals surface area contributed by atoms with E-state index in [1.54, 1.807) is 24.3 Å². The summed E-state index contributed by atoms with van der Waals surface area (Å²) in [7, 11) is 0. The molecule has 3 N–H and O–H groups in total. The van der Waals surface area contributed by atoms with Crippen molar-refractivity contribution >= 4 is 40.8 Å². The van der Waals surface area contributed by atoms with Gasteiger partial charge >= 0.3 is 0 Å². The Morgan fingerprint density at radius 2 is 1.96 bits per heavy atom. The first-order valence-electron chi connectivity index (χ1n) is 8.05. The molecule has 0 saturated carbocycles. The zero-order valence-electron chi connectivity index (χ0n) is 14.3. The molecule has 3 rings (SSSR count). The van der Waals surface area contributed by atoms with Crippen LogP contribution < -0.4 is 5.32 Å². The number of hydrogen-bond donors (Lipinski definition) is 3. The van der Waals surface area contributed by atoms with Gasteiger partial charge in [-0.05, 0) is 36.2 Å². The lowest BCUT2D eigenvalue weighted by atomic mass is 10.1. The highest BCUT2D eigenvalue weighted by atomic mass is 32.2. The SMILES string of the molecule is O=C1N/C(=N\N=C/c2ccc(O)cc2O)S[C@@H]1Cc1ccc(SC(F)F)cc1. The van der Waals surface area contributed by atoms with Crippen LogP contribution in [0.2, 0.25) is 0 Å². The van der Waals surface area contributed by atoms with Gasteiger partial charge in [-0.25, -0.2) is 0 Å². The van der Waals surface area contributed by atoms with Crippen molar-refractivity contribution in [1.82, 2.24) is 5.32 Å². The number of amides is 1. The van der Waals surface area contributed by atoms with Gasteiger partial charge in [-0.3, -0.25) is 4.79 Å². The molecule has 1 aliphatic heterocycles. The lowest BCUT2D eigenvalue weighted by Crippen LogP contribution is -2.25. The third-order valence-electron chi connectivity index (χ3n) is 3.71. The molecule has 0 aliphatic carbocycles. The van der Waals surface area contributed by atoms with E-state index in [0.717, 1.165) is 5.56 Å². The summed E-state index contributed by atoms with van der Waals surface area (Å²) in [5.74, 6) is -2.89. The number of phenols is 2. The molecule has 0 bridgehead atoms. The molecular weight excluding hydrogens is 408 g/mol. The Kier molecular flexibility index (Phi) is 6.53. The van der Waals surface area contributed by atoms with Crippen molar-refractivity contribution in [3.05, 3.63) is 53.6 Å². The summed E-state index contributed by atoms with van der Waals surface area (Å²) >= 11 is 1.69. The van der Waals surface area contributed by atoms with Gasteiger partial charge in [0.25, 0.3) is 5.76 Å². The van der Waals surface area contributed by atoms with Gasteiger partial charge in [-0.15, -0.1) is 5.10 Å². The van der Waals surface area contributed by atoms with Crippen LogP contribution in [0.3, 0.4) is 0 Å². The van der Waals surface area contributed by atoms with E-state index in [4.69, 9.17) is 0 Å². The van der Waals surface area contributed by atoms with Crippen molar-refractivity contribution in [2.75, 3.05) is 0 Å². The van der Waals surface area contributed by atoms with E-state index in [1.165, 1.54) is 36.2 Å². The van der Waals surface area contributed by atoms with Crippen LogP contribution in [-0.4, -0.2) is 38.5 Å². The van der Waals surface area contributed by atoms with E-state index in [2.05, 4.69) is 15.5 Å². The third-order valence-corrected chi connectivity index (χ3v) is 5.50. The van der Waals surface area contributed by atoms with Crippen LogP contribution in [0, 0.1) is 0 Å². The maximum absolute atomic E-state index is 12.3. The van der Waals surface area contributed by atoms with Gasteiger partial charge in [0.2, 0.25) is 5.91 Å². The highest BCUT2D eigenvalue weighted by Crippen LogP contribution is 2.27. The first-order valence-corrected chi connectivity index (χ1v) is 9.81. The van der Waals surface area contributed by atoms with Crippen LogP contribution >= 0.6 is 23.5 Å². The normalized spacial score (nSPS) is 18.3. The summed E-state index contributed by atoms with van der Waals surface area (Å²) < 4.78 is 24.7. The van der Waals surface area contributed by atoms with E-state index >= 15 is 0 Å². The summed E-state index contributed by atoms with van der Waals surface area (Å²) in [6, 6.07) is 10.7. The second-order valence-electron chi connectivity index (χ2n) is 5.72. The van der Waals surface area contributed by atoms with Crippen molar-refractivity contribution < 1.29 is 23.8 Å². The van der Waals surface area contributed by atoms with E-state index in [9.17, 15) is 23.8 Å². The molecule has 10 heteroatoms. The highest BCUT2D eigenvalue weighted by Gasteiger charge is 2.30. The van der Waals surface area contributed by atoms with Gasteiger partial charge in [0.1, 0.15) is 11.5 Å². The number of benzene rings is 2. The summed E-state index contributed by atoms with van der Waals surface area (Å²) in [4.78, 5) is 12.6. The number of carbonyl (C=O) groups is 1. The van der Waals surface area contributed by atoms with Crippen LogP contribution in [0.1, 0.15) is 11.1 Å². The standard InChI is InChI=1S/C18H15F2N3O3S2/c19-17(20)27-13-5-1-10(2-6-13)7-15-16(26)22-18(28-15)23-21-9-11-3-4-12(24)8-14(11)25/h1-6,8-9,15,17,24-25H,7H2,(H,22,23,26)/b21-9-/t15-/m1/s1. The average Bonchev–Trinajstić information content (AvgIpc) is 2.97.